The minimum Gasteiger partial charge on any atom is -0.372 e. The molecule has 12 heavy (non-hydrogen) atoms. The quantitative estimate of drug-likeness (QED) is 0.752. The number of carbonyl (C=O) groups excluding carboxylic acids is 1. The monoisotopic (exact) mass is 201 g/mol. The third-order valence-corrected chi connectivity index (χ3v) is 3.37. The number of hydrogen-bond donors (Lipinski definition) is 1. The van der Waals surface area contributed by atoms with Gasteiger partial charge in [0.2, 0.25) is 0 Å². The predicted octanol–water partition coefficient (Wildman–Crippen LogP) is 1.74. The van der Waals surface area contributed by atoms with Gasteiger partial charge in [-0.15, -0.1) is 11.3 Å². The van der Waals surface area contributed by atoms with Crippen molar-refractivity contribution in [3.05, 3.63) is 17.5 Å². The maximum atomic E-state index is 11.2. The lowest BCUT2D eigenvalue weighted by Gasteiger charge is -2.16. The minimum absolute atomic E-state index is 0.0649. The first-order valence-electron chi connectivity index (χ1n) is 3.46. The summed E-state index contributed by atoms with van der Waals surface area (Å²) in [6.45, 7) is 0. The summed E-state index contributed by atoms with van der Waals surface area (Å²) in [7, 11) is 0. The first-order chi connectivity index (χ1) is 5.79. The van der Waals surface area contributed by atoms with E-state index in [1.165, 1.54) is 16.2 Å². The van der Waals surface area contributed by atoms with Crippen LogP contribution >= 0.6 is 23.1 Å². The first kappa shape index (κ1) is 8.10. The topological polar surface area (TPSA) is 40.5 Å². The van der Waals surface area contributed by atoms with E-state index in [1.807, 2.05) is 17.5 Å². The fourth-order valence-electron chi connectivity index (χ4n) is 1.06. The molecule has 64 valence electrons. The molecule has 1 aromatic rings. The molecule has 3 nitrogen and oxygen atoms in total. The number of aliphatic hydroxyl groups excluding tert-OH is 1. The molecule has 0 saturated carbocycles. The van der Waals surface area contributed by atoms with E-state index < -0.39 is 6.23 Å². The third-order valence-electron chi connectivity index (χ3n) is 1.59. The number of anilines is 1. The molecule has 1 amide bonds. The second-order valence-electron chi connectivity index (χ2n) is 2.38. The van der Waals surface area contributed by atoms with Crippen molar-refractivity contribution in [1.82, 2.24) is 0 Å². The highest BCUT2D eigenvalue weighted by atomic mass is 32.2. The Morgan fingerprint density at radius 1 is 1.67 bits per heavy atom. The van der Waals surface area contributed by atoms with E-state index in [1.54, 1.807) is 0 Å². The van der Waals surface area contributed by atoms with Crippen LogP contribution in [0.25, 0.3) is 0 Å². The lowest BCUT2D eigenvalue weighted by atomic mass is 10.5. The van der Waals surface area contributed by atoms with Crippen LogP contribution in [0.4, 0.5) is 9.80 Å². The van der Waals surface area contributed by atoms with Gasteiger partial charge in [-0.2, -0.15) is 0 Å². The van der Waals surface area contributed by atoms with E-state index in [-0.39, 0.29) is 5.24 Å². The molecule has 2 heterocycles. The molecule has 0 bridgehead atoms. The van der Waals surface area contributed by atoms with Crippen molar-refractivity contribution in [2.24, 2.45) is 0 Å². The molecule has 1 atom stereocenters. The minimum atomic E-state index is -0.652. The lowest BCUT2D eigenvalue weighted by Crippen LogP contribution is -2.31. The van der Waals surface area contributed by atoms with Crippen molar-refractivity contribution in [2.45, 2.75) is 6.23 Å². The fraction of sp³-hybridized carbons (Fsp3) is 0.286. The molecule has 2 rings (SSSR count). The van der Waals surface area contributed by atoms with Crippen LogP contribution in [0, 0.1) is 0 Å². The Bertz CT molecular complexity index is 286. The van der Waals surface area contributed by atoms with E-state index in [2.05, 4.69) is 0 Å². The highest BCUT2D eigenvalue weighted by Crippen LogP contribution is 2.31. The molecule has 1 aliphatic rings. The lowest BCUT2D eigenvalue weighted by molar-refractivity contribution is 0.201. The second kappa shape index (κ2) is 3.08. The summed E-state index contributed by atoms with van der Waals surface area (Å²) in [5.74, 6) is 0.469. The summed E-state index contributed by atoms with van der Waals surface area (Å²) in [6.07, 6.45) is -0.652. The summed E-state index contributed by atoms with van der Waals surface area (Å²) >= 11 is 2.61. The summed E-state index contributed by atoms with van der Waals surface area (Å²) in [5.41, 5.74) is 0. The highest BCUT2D eigenvalue weighted by Gasteiger charge is 2.31. The van der Waals surface area contributed by atoms with Crippen LogP contribution in [0.3, 0.4) is 0 Å². The SMILES string of the molecule is O=C1SCC(O)N1c1cccs1. The molecule has 1 N–H and O–H groups in total. The Morgan fingerprint density at radius 3 is 3.00 bits per heavy atom. The van der Waals surface area contributed by atoms with Gasteiger partial charge in [0, 0.05) is 5.75 Å². The Labute approximate surface area is 78.0 Å². The van der Waals surface area contributed by atoms with Crippen LogP contribution < -0.4 is 4.90 Å². The van der Waals surface area contributed by atoms with Gasteiger partial charge in [0.1, 0.15) is 11.2 Å². The van der Waals surface area contributed by atoms with Crippen LogP contribution in [0.5, 0.6) is 0 Å². The zero-order valence-corrected chi connectivity index (χ0v) is 7.77. The smallest absolute Gasteiger partial charge is 0.289 e. The van der Waals surface area contributed by atoms with Crippen LogP contribution in [-0.4, -0.2) is 22.3 Å². The molecule has 1 fully saturated rings. The number of hydrogen-bond acceptors (Lipinski definition) is 4. The Morgan fingerprint density at radius 2 is 2.50 bits per heavy atom. The van der Waals surface area contributed by atoms with Gasteiger partial charge in [0.15, 0.2) is 0 Å². The average Bonchev–Trinajstić information content (AvgIpc) is 2.61. The molecule has 1 unspecified atom stereocenters. The Hall–Kier alpha value is -0.520. The molecule has 1 aliphatic heterocycles. The van der Waals surface area contributed by atoms with Crippen molar-refractivity contribution in [1.29, 1.82) is 0 Å². The fourth-order valence-corrected chi connectivity index (χ4v) is 2.68. The Kier molecular flexibility index (Phi) is 2.08. The highest BCUT2D eigenvalue weighted by molar-refractivity contribution is 8.14. The summed E-state index contributed by atoms with van der Waals surface area (Å²) in [4.78, 5) is 12.6. The number of carbonyl (C=O) groups is 1. The van der Waals surface area contributed by atoms with Gasteiger partial charge in [0.25, 0.3) is 5.24 Å². The van der Waals surface area contributed by atoms with E-state index >= 15 is 0 Å². The predicted molar refractivity (Wildman–Crippen MR) is 50.7 cm³/mol. The van der Waals surface area contributed by atoms with Gasteiger partial charge < -0.3 is 5.11 Å². The van der Waals surface area contributed by atoms with E-state index in [0.29, 0.717) is 5.75 Å². The zero-order valence-electron chi connectivity index (χ0n) is 6.14. The largest absolute Gasteiger partial charge is 0.372 e. The van der Waals surface area contributed by atoms with Crippen molar-refractivity contribution >= 4 is 33.3 Å². The van der Waals surface area contributed by atoms with E-state index in [9.17, 15) is 9.90 Å². The molecule has 0 aromatic carbocycles. The summed E-state index contributed by atoms with van der Waals surface area (Å²) in [5, 5.41) is 12.1. The maximum Gasteiger partial charge on any atom is 0.289 e. The summed E-state index contributed by atoms with van der Waals surface area (Å²) < 4.78 is 0. The average molecular weight is 201 g/mol. The number of aliphatic hydroxyl groups is 1. The van der Waals surface area contributed by atoms with Crippen LogP contribution in [0.15, 0.2) is 17.5 Å². The Balaban J connectivity index is 2.28. The van der Waals surface area contributed by atoms with Crippen molar-refractivity contribution < 1.29 is 9.90 Å². The standard InChI is InChI=1S/C7H7NO2S2/c9-5-4-12-7(10)8(5)6-2-1-3-11-6/h1-3,5,9H,4H2. The molecule has 0 radical (unpaired) electrons. The van der Waals surface area contributed by atoms with Crippen LogP contribution in [0.1, 0.15) is 0 Å². The molecular weight excluding hydrogens is 194 g/mol. The number of thiophene rings is 1. The van der Waals surface area contributed by atoms with Crippen molar-refractivity contribution in [3.8, 4) is 0 Å². The van der Waals surface area contributed by atoms with Gasteiger partial charge in [-0.3, -0.25) is 9.69 Å². The molecule has 0 spiro atoms. The van der Waals surface area contributed by atoms with Gasteiger partial charge in [-0.25, -0.2) is 0 Å². The van der Waals surface area contributed by atoms with Gasteiger partial charge in [0.05, 0.1) is 0 Å². The van der Waals surface area contributed by atoms with Gasteiger partial charge in [-0.1, -0.05) is 11.8 Å². The zero-order chi connectivity index (χ0) is 8.55. The number of nitrogens with zero attached hydrogens (tertiary/aromatic N) is 1. The second-order valence-corrected chi connectivity index (χ2v) is 4.28. The third kappa shape index (κ3) is 1.24. The summed E-state index contributed by atoms with van der Waals surface area (Å²) in [6, 6.07) is 3.70. The van der Waals surface area contributed by atoms with Crippen LogP contribution in [0.2, 0.25) is 0 Å². The van der Waals surface area contributed by atoms with E-state index in [4.69, 9.17) is 0 Å². The number of thioether (sulfide) groups is 1. The van der Waals surface area contributed by atoms with E-state index in [0.717, 1.165) is 16.8 Å². The van der Waals surface area contributed by atoms with Gasteiger partial charge >= 0.3 is 0 Å². The number of amides is 1. The van der Waals surface area contributed by atoms with Crippen LogP contribution in [-0.2, 0) is 0 Å². The normalized spacial score (nSPS) is 23.6. The van der Waals surface area contributed by atoms with Crippen molar-refractivity contribution in [3.63, 3.8) is 0 Å². The molecular formula is C7H7NO2S2. The number of rotatable bonds is 1. The molecule has 1 aromatic heterocycles. The molecule has 0 aliphatic carbocycles. The first-order valence-corrected chi connectivity index (χ1v) is 5.33. The van der Waals surface area contributed by atoms with Crippen molar-refractivity contribution in [2.75, 3.05) is 10.7 Å². The van der Waals surface area contributed by atoms with Gasteiger partial charge in [-0.05, 0) is 17.5 Å². The maximum absolute atomic E-state index is 11.2. The molecule has 5 heteroatoms. The molecule has 1 saturated heterocycles.